The third kappa shape index (κ3) is 4.30. The number of aromatic nitrogens is 1. The quantitative estimate of drug-likeness (QED) is 0.770. The molecule has 1 aromatic carbocycles. The molecule has 0 aliphatic rings. The molecule has 23 heavy (non-hydrogen) atoms. The van der Waals surface area contributed by atoms with Gasteiger partial charge in [0.1, 0.15) is 11.4 Å². The van der Waals surface area contributed by atoms with Gasteiger partial charge in [0.25, 0.3) is 5.91 Å². The Labute approximate surface area is 134 Å². The van der Waals surface area contributed by atoms with E-state index in [1.165, 1.54) is 17.0 Å². The van der Waals surface area contributed by atoms with Gasteiger partial charge in [0.15, 0.2) is 0 Å². The Morgan fingerprint density at radius 2 is 2.09 bits per heavy atom. The topological polar surface area (TPSA) is 42.4 Å². The van der Waals surface area contributed by atoms with Crippen molar-refractivity contribution in [2.75, 3.05) is 13.2 Å². The third-order valence-electron chi connectivity index (χ3n) is 3.14. The van der Waals surface area contributed by atoms with E-state index in [9.17, 15) is 9.18 Å². The van der Waals surface area contributed by atoms with E-state index in [1.807, 2.05) is 6.92 Å². The molecule has 0 atom stereocenters. The van der Waals surface area contributed by atoms with Crippen LogP contribution in [0.5, 0.6) is 5.88 Å². The Morgan fingerprint density at radius 3 is 2.74 bits per heavy atom. The number of terminal acetylenes is 1. The summed E-state index contributed by atoms with van der Waals surface area (Å²) in [5.41, 5.74) is 1.14. The van der Waals surface area contributed by atoms with Crippen molar-refractivity contribution in [3.8, 4) is 18.2 Å². The van der Waals surface area contributed by atoms with Crippen LogP contribution < -0.4 is 4.74 Å². The van der Waals surface area contributed by atoms with Gasteiger partial charge in [-0.05, 0) is 36.8 Å². The molecule has 4 nitrogen and oxygen atoms in total. The first-order valence-electron chi connectivity index (χ1n) is 7.20. The van der Waals surface area contributed by atoms with Crippen LogP contribution in [0.2, 0.25) is 0 Å². The standard InChI is InChI=1S/C18H17FN2O2/c1-3-12-21(13-14-7-9-15(19)10-8-14)18(22)16-6-5-11-20-17(16)23-4-2/h1,5-11H,4,12-13H2,2H3. The van der Waals surface area contributed by atoms with Crippen molar-refractivity contribution in [2.45, 2.75) is 13.5 Å². The zero-order valence-electron chi connectivity index (χ0n) is 12.8. The molecule has 118 valence electrons. The van der Waals surface area contributed by atoms with Gasteiger partial charge in [-0.1, -0.05) is 18.1 Å². The van der Waals surface area contributed by atoms with E-state index >= 15 is 0 Å². The van der Waals surface area contributed by atoms with Crippen molar-refractivity contribution in [3.05, 3.63) is 59.5 Å². The van der Waals surface area contributed by atoms with Crippen LogP contribution in [-0.2, 0) is 6.54 Å². The number of rotatable bonds is 6. The second-order valence-electron chi connectivity index (χ2n) is 4.78. The number of hydrogen-bond acceptors (Lipinski definition) is 3. The molecule has 0 aliphatic heterocycles. The number of ether oxygens (including phenoxy) is 1. The molecular weight excluding hydrogens is 295 g/mol. The SMILES string of the molecule is C#CCN(Cc1ccc(F)cc1)C(=O)c1cccnc1OCC. The van der Waals surface area contributed by atoms with Gasteiger partial charge in [-0.25, -0.2) is 9.37 Å². The molecular formula is C18H17FN2O2. The minimum Gasteiger partial charge on any atom is -0.477 e. The van der Waals surface area contributed by atoms with Crippen LogP contribution in [0.25, 0.3) is 0 Å². The maximum Gasteiger partial charge on any atom is 0.260 e. The molecule has 0 unspecified atom stereocenters. The summed E-state index contributed by atoms with van der Waals surface area (Å²) >= 11 is 0. The Hall–Kier alpha value is -2.87. The van der Waals surface area contributed by atoms with Gasteiger partial charge < -0.3 is 9.64 Å². The molecule has 1 amide bonds. The van der Waals surface area contributed by atoms with Crippen LogP contribution in [0.15, 0.2) is 42.6 Å². The van der Waals surface area contributed by atoms with E-state index in [2.05, 4.69) is 10.9 Å². The van der Waals surface area contributed by atoms with Crippen LogP contribution in [-0.4, -0.2) is 28.9 Å². The van der Waals surface area contributed by atoms with Crippen molar-refractivity contribution < 1.29 is 13.9 Å². The number of amides is 1. The van der Waals surface area contributed by atoms with Gasteiger partial charge in [-0.3, -0.25) is 4.79 Å². The van der Waals surface area contributed by atoms with Crippen LogP contribution in [0.4, 0.5) is 4.39 Å². The van der Waals surface area contributed by atoms with Crippen molar-refractivity contribution in [2.24, 2.45) is 0 Å². The lowest BCUT2D eigenvalue weighted by atomic mass is 10.1. The van der Waals surface area contributed by atoms with Gasteiger partial charge in [0.2, 0.25) is 5.88 Å². The maximum atomic E-state index is 13.0. The lowest BCUT2D eigenvalue weighted by molar-refractivity contribution is 0.0760. The van der Waals surface area contributed by atoms with Gasteiger partial charge in [0.05, 0.1) is 13.2 Å². The van der Waals surface area contributed by atoms with Crippen LogP contribution in [0, 0.1) is 18.2 Å². The number of nitrogens with zero attached hydrogens (tertiary/aromatic N) is 2. The van der Waals surface area contributed by atoms with Crippen molar-refractivity contribution >= 4 is 5.91 Å². The van der Waals surface area contributed by atoms with Crippen LogP contribution in [0.3, 0.4) is 0 Å². The van der Waals surface area contributed by atoms with Crippen LogP contribution >= 0.6 is 0 Å². The Balaban J connectivity index is 2.25. The predicted octanol–water partition coefficient (Wildman–Crippen LogP) is 2.90. The largest absolute Gasteiger partial charge is 0.477 e. The summed E-state index contributed by atoms with van der Waals surface area (Å²) in [5, 5.41) is 0. The molecule has 0 bridgehead atoms. The van der Waals surface area contributed by atoms with Gasteiger partial charge in [-0.2, -0.15) is 0 Å². The molecule has 1 aromatic heterocycles. The maximum absolute atomic E-state index is 13.0. The summed E-state index contributed by atoms with van der Waals surface area (Å²) in [4.78, 5) is 18.3. The number of hydrogen-bond donors (Lipinski definition) is 0. The molecule has 0 spiro atoms. The summed E-state index contributed by atoms with van der Waals surface area (Å²) < 4.78 is 18.4. The Bertz CT molecular complexity index is 708. The minimum absolute atomic E-state index is 0.136. The molecule has 0 aliphatic carbocycles. The third-order valence-corrected chi connectivity index (χ3v) is 3.14. The molecule has 0 N–H and O–H groups in total. The second kappa shape index (κ2) is 7.95. The average Bonchev–Trinajstić information content (AvgIpc) is 2.56. The highest BCUT2D eigenvalue weighted by Crippen LogP contribution is 2.18. The smallest absolute Gasteiger partial charge is 0.260 e. The van der Waals surface area contributed by atoms with Crippen molar-refractivity contribution in [1.29, 1.82) is 0 Å². The zero-order valence-corrected chi connectivity index (χ0v) is 12.8. The van der Waals surface area contributed by atoms with E-state index < -0.39 is 0 Å². The second-order valence-corrected chi connectivity index (χ2v) is 4.78. The van der Waals surface area contributed by atoms with E-state index in [0.717, 1.165) is 5.56 Å². The molecule has 1 heterocycles. The highest BCUT2D eigenvalue weighted by molar-refractivity contribution is 5.96. The van der Waals surface area contributed by atoms with E-state index in [1.54, 1.807) is 30.5 Å². The van der Waals surface area contributed by atoms with E-state index in [-0.39, 0.29) is 30.7 Å². The molecule has 2 aromatic rings. The molecule has 2 rings (SSSR count). The normalized spacial score (nSPS) is 9.96. The number of halogens is 1. The molecule has 0 saturated carbocycles. The number of benzene rings is 1. The van der Waals surface area contributed by atoms with Gasteiger partial charge >= 0.3 is 0 Å². The fourth-order valence-corrected chi connectivity index (χ4v) is 2.10. The summed E-state index contributed by atoms with van der Waals surface area (Å²) in [6.07, 6.45) is 6.93. The number of carbonyl (C=O) groups excluding carboxylic acids is 1. The predicted molar refractivity (Wildman–Crippen MR) is 85.4 cm³/mol. The Kier molecular flexibility index (Phi) is 5.70. The van der Waals surface area contributed by atoms with E-state index in [0.29, 0.717) is 12.2 Å². The first kappa shape index (κ1) is 16.5. The molecule has 0 radical (unpaired) electrons. The van der Waals surface area contributed by atoms with Crippen molar-refractivity contribution in [3.63, 3.8) is 0 Å². The summed E-state index contributed by atoms with van der Waals surface area (Å²) in [6, 6.07) is 9.26. The average molecular weight is 312 g/mol. The van der Waals surface area contributed by atoms with Crippen LogP contribution in [0.1, 0.15) is 22.8 Å². The zero-order chi connectivity index (χ0) is 16.7. The first-order valence-corrected chi connectivity index (χ1v) is 7.20. The monoisotopic (exact) mass is 312 g/mol. The summed E-state index contributed by atoms with van der Waals surface area (Å²) in [6.45, 7) is 2.64. The van der Waals surface area contributed by atoms with Crippen molar-refractivity contribution in [1.82, 2.24) is 9.88 Å². The number of pyridine rings is 1. The van der Waals surface area contributed by atoms with Gasteiger partial charge in [0, 0.05) is 12.7 Å². The summed E-state index contributed by atoms with van der Waals surface area (Å²) in [5.74, 6) is 2.15. The van der Waals surface area contributed by atoms with Gasteiger partial charge in [-0.15, -0.1) is 6.42 Å². The highest BCUT2D eigenvalue weighted by Gasteiger charge is 2.20. The lowest BCUT2D eigenvalue weighted by Crippen LogP contribution is -2.31. The minimum atomic E-state index is -0.325. The molecule has 5 heteroatoms. The summed E-state index contributed by atoms with van der Waals surface area (Å²) in [7, 11) is 0. The highest BCUT2D eigenvalue weighted by atomic mass is 19.1. The fourth-order valence-electron chi connectivity index (χ4n) is 2.10. The van der Waals surface area contributed by atoms with E-state index in [4.69, 9.17) is 11.2 Å². The number of carbonyl (C=O) groups is 1. The molecule has 0 fully saturated rings. The fraction of sp³-hybridized carbons (Fsp3) is 0.222. The lowest BCUT2D eigenvalue weighted by Gasteiger charge is -2.21. The first-order chi connectivity index (χ1) is 11.2. The Morgan fingerprint density at radius 1 is 1.35 bits per heavy atom. The molecule has 0 saturated heterocycles.